The Labute approximate surface area is 629 Å². The molecule has 3 aromatic heterocycles. The van der Waals surface area contributed by atoms with Crippen LogP contribution in [0.5, 0.6) is 17.2 Å². The first kappa shape index (κ1) is 91.5. The van der Waals surface area contributed by atoms with E-state index in [0.717, 1.165) is 74.6 Å². The van der Waals surface area contributed by atoms with Gasteiger partial charge >= 0.3 is 27.9 Å². The van der Waals surface area contributed by atoms with E-state index in [1.165, 1.54) is 28.1 Å². The number of methoxy groups -OCH3 is 2. The molecule has 0 aliphatic rings. The molecule has 0 aliphatic heterocycles. The highest BCUT2D eigenvalue weighted by Gasteiger charge is 2.34. The van der Waals surface area contributed by atoms with Gasteiger partial charge in [0.25, 0.3) is 0 Å². The van der Waals surface area contributed by atoms with Crippen molar-refractivity contribution < 1.29 is 75.9 Å². The molecule has 6 rings (SSSR count). The van der Waals surface area contributed by atoms with Crippen LogP contribution in [0.3, 0.4) is 0 Å². The van der Waals surface area contributed by atoms with Crippen molar-refractivity contribution in [3.63, 3.8) is 0 Å². The standard InChI is InChI=1S/C25H37N3O5.C24H35N3O5.C19H32N2O3.C4H6N2O.C3H3Cl3O2/c1-16(2)14-28(15-17(3)4)22-10-9-19(32-25(6,7)24(30)31-8)12-21(22)26-23(29)13-20-11-18(5)27-33-20;1-15(2)13-27(14-16(3)4)21-9-8-18(31-24(6,7)23(29)30)11-20(21)25-22(28)12-19-10-17(5)26-32-19;1-13(2)11-21(12-14(3)4)17-9-8-15(10-16(17)20)24-19(5,6)18(22)23-7;1-3-2-4(5)7-6-3;1-2(7)8-3(4,5)6/h9-12,16-17H,13-15H2,1-8H3,(H,26,29);8-11,15-16H,12-14H2,1-7H3,(H,25,28)(H,29,30);8-10,13-14H,11-12,20H2,1-7H3;2H,5H2,1H3;1H3. The predicted molar refractivity (Wildman–Crippen MR) is 410 cm³/mol. The lowest BCUT2D eigenvalue weighted by atomic mass is 10.1. The van der Waals surface area contributed by atoms with Crippen LogP contribution < -0.4 is 51.0 Å². The zero-order valence-corrected chi connectivity index (χ0v) is 67.4. The normalized spacial score (nSPS) is 11.4. The number of nitrogens with one attached hydrogen (secondary N) is 2. The van der Waals surface area contributed by atoms with Gasteiger partial charge in [-0.1, -0.05) is 98.6 Å². The third-order valence-corrected chi connectivity index (χ3v) is 14.2. The Morgan fingerprint density at radius 2 is 0.788 bits per heavy atom. The molecule has 29 heteroatoms. The maximum absolute atomic E-state index is 12.8. The van der Waals surface area contributed by atoms with E-state index in [-0.39, 0.29) is 24.7 Å². The predicted octanol–water partition coefficient (Wildman–Crippen LogP) is 15.3. The molecule has 104 heavy (non-hydrogen) atoms. The van der Waals surface area contributed by atoms with Gasteiger partial charge in [0, 0.05) is 82.6 Å². The molecule has 0 saturated heterocycles. The van der Waals surface area contributed by atoms with Crippen molar-refractivity contribution in [3.8, 4) is 17.2 Å². The summed E-state index contributed by atoms with van der Waals surface area (Å²) in [4.78, 5) is 77.7. The number of carboxylic acid groups (broad SMARTS) is 1. The SMILES string of the molecule is CC(=O)OC(Cl)(Cl)Cl.COC(=O)C(C)(C)Oc1ccc(N(CC(C)C)CC(C)C)c(N)c1.COC(=O)C(C)(C)Oc1ccc(N(CC(C)C)CC(C)C)c(NC(=O)Cc2cc(C)no2)c1.Cc1cc(CC(=O)Nc2cc(OC(C)(C)C(=O)O)ccc2N(CC(C)C)CC(C)C)on1.Cc1cc(N)on1. The fourth-order valence-corrected chi connectivity index (χ4v) is 10.3. The van der Waals surface area contributed by atoms with Crippen LogP contribution in [0.2, 0.25) is 0 Å². The van der Waals surface area contributed by atoms with Gasteiger partial charge in [-0.2, -0.15) is 0 Å². The molecule has 0 saturated carbocycles. The minimum Gasteiger partial charge on any atom is -0.478 e. The summed E-state index contributed by atoms with van der Waals surface area (Å²) in [5.41, 5.74) is 14.6. The van der Waals surface area contributed by atoms with E-state index < -0.39 is 44.7 Å². The van der Waals surface area contributed by atoms with Crippen molar-refractivity contribution in [2.24, 2.45) is 35.5 Å². The van der Waals surface area contributed by atoms with Crippen molar-refractivity contribution in [1.29, 1.82) is 0 Å². The highest BCUT2D eigenvalue weighted by molar-refractivity contribution is 6.66. The number of amides is 2. The molecular weight excluding hydrogens is 1400 g/mol. The van der Waals surface area contributed by atoms with Gasteiger partial charge in [-0.3, -0.25) is 14.4 Å². The number of halogens is 3. The number of esters is 3. The summed E-state index contributed by atoms with van der Waals surface area (Å²) in [7, 11) is 2.67. The smallest absolute Gasteiger partial charge is 0.349 e. The van der Waals surface area contributed by atoms with Gasteiger partial charge in [-0.25, -0.2) is 14.4 Å². The summed E-state index contributed by atoms with van der Waals surface area (Å²) < 4.78 is 44.0. The van der Waals surface area contributed by atoms with E-state index in [1.807, 2.05) is 44.2 Å². The minimum atomic E-state index is -1.91. The molecule has 0 radical (unpaired) electrons. The van der Waals surface area contributed by atoms with Crippen molar-refractivity contribution in [3.05, 3.63) is 101 Å². The Morgan fingerprint density at radius 3 is 1.03 bits per heavy atom. The number of rotatable bonds is 30. The summed E-state index contributed by atoms with van der Waals surface area (Å²) in [5, 5.41) is 26.5. The summed E-state index contributed by atoms with van der Waals surface area (Å²) in [6, 6.07) is 21.5. The average molecular weight is 1520 g/mol. The molecule has 0 aliphatic carbocycles. The number of benzene rings is 3. The molecule has 26 nitrogen and oxygen atoms in total. The van der Waals surface area contributed by atoms with Gasteiger partial charge < -0.3 is 83.9 Å². The molecule has 7 N–H and O–H groups in total. The second-order valence-corrected chi connectivity index (χ2v) is 31.2. The number of aryl methyl sites for hydroxylation is 3. The fraction of sp³-hybridized carbons (Fsp3) is 0.560. The minimum absolute atomic E-state index is 0.0420. The lowest BCUT2D eigenvalue weighted by Crippen LogP contribution is -2.39. The first-order valence-electron chi connectivity index (χ1n) is 34.3. The van der Waals surface area contributed by atoms with E-state index in [9.17, 15) is 33.9 Å². The summed E-state index contributed by atoms with van der Waals surface area (Å²) in [6.07, 6.45) is 0.105. The number of carbonyl (C=O) groups is 6. The van der Waals surface area contributed by atoms with Gasteiger partial charge in [0.05, 0.1) is 78.3 Å². The summed E-state index contributed by atoms with van der Waals surface area (Å²) >= 11 is 15.0. The van der Waals surface area contributed by atoms with Gasteiger partial charge in [0.15, 0.2) is 16.8 Å². The molecule has 0 atom stereocenters. The second kappa shape index (κ2) is 42.4. The number of ether oxygens (including phenoxy) is 6. The number of carbonyl (C=O) groups excluding carboxylic acids is 5. The largest absolute Gasteiger partial charge is 0.478 e. The van der Waals surface area contributed by atoms with Crippen molar-refractivity contribution in [2.45, 2.75) is 186 Å². The van der Waals surface area contributed by atoms with Crippen LogP contribution >= 0.6 is 34.8 Å². The third kappa shape index (κ3) is 34.8. The molecule has 0 spiro atoms. The Morgan fingerprint density at radius 1 is 0.481 bits per heavy atom. The van der Waals surface area contributed by atoms with E-state index >= 15 is 0 Å². The first-order valence-corrected chi connectivity index (χ1v) is 35.5. The van der Waals surface area contributed by atoms with Crippen LogP contribution in [-0.2, 0) is 55.8 Å². The summed E-state index contributed by atoms with van der Waals surface area (Å²) in [6.45, 7) is 47.3. The lowest BCUT2D eigenvalue weighted by Gasteiger charge is -2.31. The Bertz CT molecular complexity index is 3620. The van der Waals surface area contributed by atoms with E-state index in [2.05, 4.69) is 133 Å². The van der Waals surface area contributed by atoms with Gasteiger partial charge in [0.1, 0.15) is 28.8 Å². The molecule has 0 unspecified atom stereocenters. The fourth-order valence-electron chi connectivity index (χ4n) is 10.0. The van der Waals surface area contributed by atoms with E-state index in [4.69, 9.17) is 79.0 Å². The molecular formula is C75H113Cl3N10O16. The molecule has 0 fully saturated rings. The molecule has 0 bridgehead atoms. The van der Waals surface area contributed by atoms with Crippen LogP contribution in [0.1, 0.15) is 160 Å². The van der Waals surface area contributed by atoms with Crippen molar-refractivity contribution in [2.75, 3.05) is 90.3 Å². The topological polar surface area (TPSA) is 342 Å². The Kier molecular flexibility index (Phi) is 37.3. The van der Waals surface area contributed by atoms with Crippen LogP contribution in [0, 0.1) is 56.3 Å². The first-order chi connectivity index (χ1) is 48.0. The summed E-state index contributed by atoms with van der Waals surface area (Å²) in [5.74, 6) is 2.38. The monoisotopic (exact) mass is 1510 g/mol. The van der Waals surface area contributed by atoms with E-state index in [1.54, 1.807) is 77.1 Å². The van der Waals surface area contributed by atoms with Gasteiger partial charge in [-0.15, -0.1) is 0 Å². The van der Waals surface area contributed by atoms with Gasteiger partial charge in [-0.05, 0) is 169 Å². The molecule has 3 heterocycles. The molecule has 3 aromatic carbocycles. The van der Waals surface area contributed by atoms with Crippen LogP contribution in [0.25, 0.3) is 0 Å². The zero-order chi connectivity index (χ0) is 79.4. The number of alkyl halides is 3. The number of nitrogen functional groups attached to an aromatic ring is 2. The highest BCUT2D eigenvalue weighted by Crippen LogP contribution is 2.37. The average Bonchev–Trinajstić information content (AvgIpc) is 0.938. The highest BCUT2D eigenvalue weighted by atomic mass is 35.6. The number of aliphatic carboxylic acids is 1. The van der Waals surface area contributed by atoms with Gasteiger partial charge in [0.2, 0.25) is 17.7 Å². The number of anilines is 7. The number of hydrogen-bond acceptors (Lipinski definition) is 23. The number of hydrogen-bond donors (Lipinski definition) is 5. The number of carboxylic acids is 1. The van der Waals surface area contributed by atoms with E-state index in [0.29, 0.717) is 92.9 Å². The Hall–Kier alpha value is -8.62. The molecule has 6 aromatic rings. The number of nitrogens with zero attached hydrogens (tertiary/aromatic N) is 6. The lowest BCUT2D eigenvalue weighted by molar-refractivity contribution is -0.156. The second-order valence-electron chi connectivity index (χ2n) is 29.0. The van der Waals surface area contributed by atoms with Crippen LogP contribution in [0.15, 0.2) is 86.4 Å². The maximum Gasteiger partial charge on any atom is 0.349 e. The Balaban J connectivity index is 0.000000484. The third-order valence-electron chi connectivity index (χ3n) is 13.9. The molecule has 580 valence electrons. The van der Waals surface area contributed by atoms with Crippen molar-refractivity contribution >= 4 is 111 Å². The quantitative estimate of drug-likeness (QED) is 0.0121. The maximum atomic E-state index is 12.8. The van der Waals surface area contributed by atoms with Crippen LogP contribution in [-0.4, -0.2) is 131 Å². The number of nitrogens with two attached hydrogens (primary N) is 2. The molecule has 2 amide bonds. The van der Waals surface area contributed by atoms with Crippen LogP contribution in [0.4, 0.5) is 40.0 Å². The zero-order valence-electron chi connectivity index (χ0n) is 65.1. The number of aromatic nitrogens is 3. The van der Waals surface area contributed by atoms with Crippen molar-refractivity contribution in [1.82, 2.24) is 15.5 Å².